The first-order valence-electron chi connectivity index (χ1n) is 3.76. The van der Waals surface area contributed by atoms with Crippen molar-refractivity contribution in [2.75, 3.05) is 12.3 Å². The van der Waals surface area contributed by atoms with Crippen LogP contribution in [0.3, 0.4) is 0 Å². The Kier molecular flexibility index (Phi) is 5.01. The normalized spacial score (nSPS) is 15.2. The quantitative estimate of drug-likeness (QED) is 0.755. The smallest absolute Gasteiger partial charge is 0.329 e. The standard InChI is InChI=1S/C7H14F3NS/c1-5(2)4-12-6(3-11)7(8,9)10/h5-6H,3-4,11H2,1-2H3. The highest BCUT2D eigenvalue weighted by molar-refractivity contribution is 8.00. The molecule has 0 aromatic heterocycles. The molecule has 5 heteroatoms. The Morgan fingerprint density at radius 3 is 2.08 bits per heavy atom. The predicted octanol–water partition coefficient (Wildman–Crippen LogP) is 2.27. The highest BCUT2D eigenvalue weighted by atomic mass is 32.2. The van der Waals surface area contributed by atoms with E-state index in [4.69, 9.17) is 5.73 Å². The van der Waals surface area contributed by atoms with E-state index in [9.17, 15) is 13.2 Å². The monoisotopic (exact) mass is 201 g/mol. The van der Waals surface area contributed by atoms with Crippen molar-refractivity contribution in [3.63, 3.8) is 0 Å². The topological polar surface area (TPSA) is 26.0 Å². The average molecular weight is 201 g/mol. The summed E-state index contributed by atoms with van der Waals surface area (Å²) in [5.74, 6) is 0.771. The lowest BCUT2D eigenvalue weighted by Crippen LogP contribution is -2.33. The van der Waals surface area contributed by atoms with E-state index < -0.39 is 11.4 Å². The second-order valence-corrected chi connectivity index (χ2v) is 4.23. The summed E-state index contributed by atoms with van der Waals surface area (Å²) >= 11 is 0.887. The SMILES string of the molecule is CC(C)CSC(CN)C(F)(F)F. The Balaban J connectivity index is 3.84. The molecule has 0 aromatic carbocycles. The molecule has 0 aliphatic heterocycles. The van der Waals surface area contributed by atoms with Crippen LogP contribution in [0.2, 0.25) is 0 Å². The molecule has 1 atom stereocenters. The van der Waals surface area contributed by atoms with Crippen molar-refractivity contribution in [1.82, 2.24) is 0 Å². The lowest BCUT2D eigenvalue weighted by atomic mass is 10.3. The minimum Gasteiger partial charge on any atom is -0.329 e. The molecule has 74 valence electrons. The first-order chi connectivity index (χ1) is 5.38. The Bertz CT molecular complexity index is 124. The van der Waals surface area contributed by atoms with E-state index in [0.717, 1.165) is 11.8 Å². The molecule has 0 amide bonds. The van der Waals surface area contributed by atoms with Crippen molar-refractivity contribution >= 4 is 11.8 Å². The van der Waals surface area contributed by atoms with E-state index in [0.29, 0.717) is 5.75 Å². The van der Waals surface area contributed by atoms with E-state index in [-0.39, 0.29) is 12.5 Å². The number of hydrogen-bond donors (Lipinski definition) is 1. The molecule has 0 bridgehead atoms. The molecule has 0 saturated carbocycles. The molecule has 0 fully saturated rings. The van der Waals surface area contributed by atoms with Crippen LogP contribution in [-0.4, -0.2) is 23.7 Å². The van der Waals surface area contributed by atoms with Crippen molar-refractivity contribution in [3.05, 3.63) is 0 Å². The highest BCUT2D eigenvalue weighted by Crippen LogP contribution is 2.30. The summed E-state index contributed by atoms with van der Waals surface area (Å²) < 4.78 is 36.2. The molecule has 0 radical (unpaired) electrons. The zero-order valence-electron chi connectivity index (χ0n) is 7.19. The van der Waals surface area contributed by atoms with Crippen LogP contribution in [0.5, 0.6) is 0 Å². The van der Waals surface area contributed by atoms with Crippen LogP contribution in [0.1, 0.15) is 13.8 Å². The summed E-state index contributed by atoms with van der Waals surface area (Å²) in [7, 11) is 0. The third kappa shape index (κ3) is 4.87. The molecule has 0 spiro atoms. The molecule has 1 nitrogen and oxygen atoms in total. The fourth-order valence-corrected chi connectivity index (χ4v) is 1.55. The van der Waals surface area contributed by atoms with Crippen LogP contribution in [0.25, 0.3) is 0 Å². The summed E-state index contributed by atoms with van der Waals surface area (Å²) in [6.07, 6.45) is -4.16. The minimum atomic E-state index is -4.16. The van der Waals surface area contributed by atoms with E-state index in [1.807, 2.05) is 13.8 Å². The largest absolute Gasteiger partial charge is 0.401 e. The van der Waals surface area contributed by atoms with Gasteiger partial charge in [0.2, 0.25) is 0 Å². The third-order valence-electron chi connectivity index (χ3n) is 1.21. The van der Waals surface area contributed by atoms with E-state index >= 15 is 0 Å². The maximum Gasteiger partial charge on any atom is 0.401 e. The van der Waals surface area contributed by atoms with Crippen LogP contribution in [-0.2, 0) is 0 Å². The zero-order chi connectivity index (χ0) is 9.78. The van der Waals surface area contributed by atoms with Crippen molar-refractivity contribution in [3.8, 4) is 0 Å². The molecule has 0 aliphatic carbocycles. The van der Waals surface area contributed by atoms with Gasteiger partial charge in [-0.25, -0.2) is 0 Å². The Hall–Kier alpha value is 0.100. The third-order valence-corrected chi connectivity index (χ3v) is 2.93. The Morgan fingerprint density at radius 2 is 1.83 bits per heavy atom. The van der Waals surface area contributed by atoms with Crippen molar-refractivity contribution < 1.29 is 13.2 Å². The van der Waals surface area contributed by atoms with E-state index in [1.165, 1.54) is 0 Å². The van der Waals surface area contributed by atoms with E-state index in [1.54, 1.807) is 0 Å². The second kappa shape index (κ2) is 4.97. The fourth-order valence-electron chi connectivity index (χ4n) is 0.605. The van der Waals surface area contributed by atoms with Gasteiger partial charge in [0, 0.05) is 6.54 Å². The van der Waals surface area contributed by atoms with Gasteiger partial charge >= 0.3 is 6.18 Å². The van der Waals surface area contributed by atoms with Gasteiger partial charge in [0.15, 0.2) is 0 Å². The number of halogens is 3. The van der Waals surface area contributed by atoms with Gasteiger partial charge in [-0.1, -0.05) is 13.8 Å². The van der Waals surface area contributed by atoms with Gasteiger partial charge in [-0.2, -0.15) is 13.2 Å². The maximum atomic E-state index is 12.1. The summed E-state index contributed by atoms with van der Waals surface area (Å²) in [5.41, 5.74) is 5.00. The van der Waals surface area contributed by atoms with Crippen LogP contribution >= 0.6 is 11.8 Å². The number of hydrogen-bond acceptors (Lipinski definition) is 2. The predicted molar refractivity (Wildman–Crippen MR) is 46.2 cm³/mol. The van der Waals surface area contributed by atoms with Gasteiger partial charge in [-0.3, -0.25) is 0 Å². The molecule has 2 N–H and O–H groups in total. The second-order valence-electron chi connectivity index (χ2n) is 2.99. The first kappa shape index (κ1) is 12.1. The highest BCUT2D eigenvalue weighted by Gasteiger charge is 2.38. The molecule has 0 aromatic rings. The van der Waals surface area contributed by atoms with Gasteiger partial charge in [-0.15, -0.1) is 11.8 Å². The van der Waals surface area contributed by atoms with Crippen LogP contribution in [0.15, 0.2) is 0 Å². The van der Waals surface area contributed by atoms with Crippen LogP contribution in [0.4, 0.5) is 13.2 Å². The maximum absolute atomic E-state index is 12.1. The Morgan fingerprint density at radius 1 is 1.33 bits per heavy atom. The summed E-state index contributed by atoms with van der Waals surface area (Å²) in [4.78, 5) is 0. The number of nitrogens with two attached hydrogens (primary N) is 1. The zero-order valence-corrected chi connectivity index (χ0v) is 8.00. The summed E-state index contributed by atoms with van der Waals surface area (Å²) in [6.45, 7) is 3.44. The van der Waals surface area contributed by atoms with Gasteiger partial charge in [0.05, 0.1) is 0 Å². The lowest BCUT2D eigenvalue weighted by molar-refractivity contribution is -0.126. The molecule has 0 saturated heterocycles. The summed E-state index contributed by atoms with van der Waals surface area (Å²) in [5, 5.41) is -1.40. The molecule has 12 heavy (non-hydrogen) atoms. The fraction of sp³-hybridized carbons (Fsp3) is 1.00. The van der Waals surface area contributed by atoms with Gasteiger partial charge in [0.1, 0.15) is 5.25 Å². The van der Waals surface area contributed by atoms with Crippen LogP contribution < -0.4 is 5.73 Å². The minimum absolute atomic E-state index is 0.270. The number of rotatable bonds is 4. The summed E-state index contributed by atoms with van der Waals surface area (Å²) in [6, 6.07) is 0. The molecule has 0 rings (SSSR count). The molecular formula is C7H14F3NS. The molecule has 0 heterocycles. The van der Waals surface area contributed by atoms with Crippen molar-refractivity contribution in [2.45, 2.75) is 25.3 Å². The molecule has 1 unspecified atom stereocenters. The van der Waals surface area contributed by atoms with Crippen LogP contribution in [0, 0.1) is 5.92 Å². The van der Waals surface area contributed by atoms with Crippen molar-refractivity contribution in [1.29, 1.82) is 0 Å². The van der Waals surface area contributed by atoms with Gasteiger partial charge in [-0.05, 0) is 11.7 Å². The number of alkyl halides is 3. The lowest BCUT2D eigenvalue weighted by Gasteiger charge is -2.18. The van der Waals surface area contributed by atoms with Crippen molar-refractivity contribution in [2.24, 2.45) is 11.7 Å². The van der Waals surface area contributed by atoms with Gasteiger partial charge in [0.25, 0.3) is 0 Å². The molecular weight excluding hydrogens is 187 g/mol. The van der Waals surface area contributed by atoms with Gasteiger partial charge < -0.3 is 5.73 Å². The van der Waals surface area contributed by atoms with E-state index in [2.05, 4.69) is 0 Å². The average Bonchev–Trinajstić information content (AvgIpc) is 1.85. The molecule has 0 aliphatic rings. The number of thioether (sulfide) groups is 1. The first-order valence-corrected chi connectivity index (χ1v) is 4.81. The Labute approximate surface area is 74.9 Å².